The highest BCUT2D eigenvalue weighted by atomic mass is 16.7. The van der Waals surface area contributed by atoms with Gasteiger partial charge in [0.1, 0.15) is 91.6 Å². The van der Waals surface area contributed by atoms with Gasteiger partial charge in [0.15, 0.2) is 18.9 Å². The molecule has 0 radical (unpaired) electrons. The number of nitrogens with one attached hydrogen (secondary N) is 7. The lowest BCUT2D eigenvalue weighted by Crippen LogP contribution is -2.64. The zero-order chi connectivity index (χ0) is 63.0. The van der Waals surface area contributed by atoms with Crippen molar-refractivity contribution in [3.63, 3.8) is 0 Å². The highest BCUT2D eigenvalue weighted by Gasteiger charge is 2.48. The maximum atomic E-state index is 14.1. The molecule has 85 heavy (non-hydrogen) atoms. The molecule has 3 saturated heterocycles. The molecule has 3 fully saturated rings. The molecule has 3 rings (SSSR count). The van der Waals surface area contributed by atoms with Crippen molar-refractivity contribution < 1.29 is 127 Å². The molecule has 0 aromatic carbocycles. The molecule has 0 aliphatic carbocycles. The van der Waals surface area contributed by atoms with Gasteiger partial charge < -0.3 is 131 Å². The molecule has 34 nitrogen and oxygen atoms in total. The highest BCUT2D eigenvalue weighted by Crippen LogP contribution is 2.25. The van der Waals surface area contributed by atoms with Gasteiger partial charge in [-0.3, -0.25) is 38.5 Å². The Morgan fingerprint density at radius 2 is 0.824 bits per heavy atom. The highest BCUT2D eigenvalue weighted by molar-refractivity contribution is 5.87. The van der Waals surface area contributed by atoms with Crippen LogP contribution in [0.25, 0.3) is 0 Å². The maximum Gasteiger partial charge on any atom is 0.240 e. The van der Waals surface area contributed by atoms with E-state index in [9.17, 15) is 84.3 Å². The van der Waals surface area contributed by atoms with Crippen LogP contribution in [0, 0.1) is 0 Å². The molecule has 0 aromatic heterocycles. The summed E-state index contributed by atoms with van der Waals surface area (Å²) in [5.41, 5.74) is 0. The Bertz CT molecular complexity index is 1960. The zero-order valence-electron chi connectivity index (χ0n) is 48.4. The van der Waals surface area contributed by atoms with Gasteiger partial charge in [0.2, 0.25) is 41.4 Å². The molecular weight excluding hydrogens is 1140 g/mol. The number of rotatable bonds is 41. The van der Waals surface area contributed by atoms with E-state index in [2.05, 4.69) is 37.2 Å². The molecule has 0 bridgehead atoms. The van der Waals surface area contributed by atoms with Gasteiger partial charge >= 0.3 is 0 Å². The van der Waals surface area contributed by atoms with E-state index in [1.165, 1.54) is 32.6 Å². The summed E-state index contributed by atoms with van der Waals surface area (Å²) >= 11 is 0. The van der Waals surface area contributed by atoms with E-state index in [1.54, 1.807) is 0 Å². The van der Waals surface area contributed by atoms with Crippen molar-refractivity contribution >= 4 is 47.1 Å². The molecule has 0 aromatic rings. The number of hydrogen-bond donors (Lipinski definition) is 16. The van der Waals surface area contributed by atoms with E-state index < -0.39 is 186 Å². The van der Waals surface area contributed by atoms with Crippen LogP contribution in [0.1, 0.15) is 66.2 Å². The van der Waals surface area contributed by atoms with Crippen LogP contribution in [0.5, 0.6) is 0 Å². The monoisotopic (exact) mass is 1230 g/mol. The third-order valence-corrected chi connectivity index (χ3v) is 13.4. The number of aliphatic hydroxyl groups is 9. The summed E-state index contributed by atoms with van der Waals surface area (Å²) in [6.45, 7) is -0.486. The minimum atomic E-state index is -1.57. The quantitative estimate of drug-likeness (QED) is 0.0200. The fraction of sp³-hybridized carbons (Fsp3) is 0.843. The largest absolute Gasteiger partial charge is 0.394 e. The van der Waals surface area contributed by atoms with E-state index in [4.69, 9.17) is 42.6 Å². The van der Waals surface area contributed by atoms with Crippen molar-refractivity contribution in [1.29, 1.82) is 0 Å². The SMILES string of the molecule is CC(=O)CCCCCCC(=O)NCC(C(=O)NCOCCOC1OC(CO)C(O)C(O)C1NC(C)=O)N(CC(=O)NCCOCCOC1OC(CO)C(O)C(O)C1NC(C)=O)CC(=O)NCCOCCOC1OC(CO)C(O)C(O)C1NC(C)=O. The van der Waals surface area contributed by atoms with Crippen LogP contribution in [0.4, 0.5) is 0 Å². The van der Waals surface area contributed by atoms with Gasteiger partial charge in [-0.15, -0.1) is 0 Å². The van der Waals surface area contributed by atoms with Gasteiger partial charge in [-0.1, -0.05) is 12.8 Å². The van der Waals surface area contributed by atoms with Crippen LogP contribution < -0.4 is 37.2 Å². The Balaban J connectivity index is 1.70. The maximum absolute atomic E-state index is 14.1. The van der Waals surface area contributed by atoms with Crippen LogP contribution in [0.15, 0.2) is 0 Å². The average Bonchev–Trinajstić information content (AvgIpc) is 3.66. The predicted octanol–water partition coefficient (Wildman–Crippen LogP) is -9.06. The van der Waals surface area contributed by atoms with Gasteiger partial charge in [-0.2, -0.15) is 0 Å². The molecule has 0 spiro atoms. The topological polar surface area (TPSA) is 489 Å². The molecule has 3 aliphatic rings. The third-order valence-electron chi connectivity index (χ3n) is 13.4. The Hall–Kier alpha value is -4.80. The number of hydrogen-bond acceptors (Lipinski definition) is 27. The van der Waals surface area contributed by atoms with Gasteiger partial charge in [0.05, 0.1) is 85.8 Å². The summed E-state index contributed by atoms with van der Waals surface area (Å²) in [7, 11) is 0. The summed E-state index contributed by atoms with van der Waals surface area (Å²) < 4.78 is 50.3. The number of unbranched alkanes of at least 4 members (excludes halogenated alkanes) is 3. The number of amides is 7. The van der Waals surface area contributed by atoms with Crippen LogP contribution in [0.2, 0.25) is 0 Å². The molecular formula is C51H90N8O26. The van der Waals surface area contributed by atoms with Gasteiger partial charge in [0, 0.05) is 53.2 Å². The van der Waals surface area contributed by atoms with E-state index in [0.717, 1.165) is 0 Å². The molecule has 34 heteroatoms. The Morgan fingerprint density at radius 1 is 0.447 bits per heavy atom. The fourth-order valence-electron chi connectivity index (χ4n) is 9.01. The van der Waals surface area contributed by atoms with Crippen molar-refractivity contribution in [3.8, 4) is 0 Å². The normalized spacial score (nSPS) is 28.0. The van der Waals surface area contributed by atoms with Crippen molar-refractivity contribution in [3.05, 3.63) is 0 Å². The second-order valence-electron chi connectivity index (χ2n) is 20.3. The summed E-state index contributed by atoms with van der Waals surface area (Å²) in [4.78, 5) is 102. The number of ketones is 1. The number of aliphatic hydroxyl groups excluding tert-OH is 9. The number of Topliss-reactive ketones (excluding diaryl/α,β-unsaturated/α-hetero) is 1. The minimum Gasteiger partial charge on any atom is -0.394 e. The summed E-state index contributed by atoms with van der Waals surface area (Å²) in [5.74, 6) is -4.29. The second kappa shape index (κ2) is 40.6. The fourth-order valence-corrected chi connectivity index (χ4v) is 9.01. The summed E-state index contributed by atoms with van der Waals surface area (Å²) in [6.07, 6.45) is -13.9. The van der Waals surface area contributed by atoms with Crippen molar-refractivity contribution in [1.82, 2.24) is 42.1 Å². The molecule has 490 valence electrons. The Morgan fingerprint density at radius 3 is 1.19 bits per heavy atom. The standard InChI is InChI=1S/C51H90N8O26/c1-28(63)9-7-5-6-8-10-36(67)54-21-32(48(76)55-27-79-17-20-82-51-41(58-31(4)66)47(75)44(72)35(26-62)85-51)59(22-37(68)52-11-13-77-15-18-80-49-39(56-29(2)64)45(73)42(70)33(24-60)83-49)23-38(69)53-12-14-78-16-19-81-50-40(57-30(3)65)46(74)43(71)34(25-61)84-50/h32-35,39-47,49-51,60-62,70-75H,5-27H2,1-4H3,(H,52,68)(H,53,69)(H,54,67)(H,55,76)(H,56,64)(H,57,65)(H,58,66). The molecule has 0 saturated carbocycles. The van der Waals surface area contributed by atoms with Crippen LogP contribution in [0.3, 0.4) is 0 Å². The first kappa shape index (κ1) is 74.5. The smallest absolute Gasteiger partial charge is 0.240 e. The minimum absolute atomic E-state index is 0.0470. The molecule has 3 heterocycles. The lowest BCUT2D eigenvalue weighted by atomic mass is 9.97. The van der Waals surface area contributed by atoms with Crippen LogP contribution in [-0.2, 0) is 81.0 Å². The van der Waals surface area contributed by atoms with Crippen LogP contribution >= 0.6 is 0 Å². The first-order valence-electron chi connectivity index (χ1n) is 28.1. The zero-order valence-corrected chi connectivity index (χ0v) is 48.4. The van der Waals surface area contributed by atoms with Crippen molar-refractivity contribution in [2.75, 3.05) is 112 Å². The Kier molecular flexibility index (Phi) is 35.6. The second-order valence-corrected chi connectivity index (χ2v) is 20.3. The van der Waals surface area contributed by atoms with Gasteiger partial charge in [-0.25, -0.2) is 0 Å². The molecule has 7 amide bonds. The molecule has 16 atom stereocenters. The number of ether oxygens (including phenoxy) is 9. The number of carbonyl (C=O) groups is 8. The lowest BCUT2D eigenvalue weighted by Gasteiger charge is -2.42. The lowest BCUT2D eigenvalue weighted by molar-refractivity contribution is -0.272. The van der Waals surface area contributed by atoms with Crippen molar-refractivity contribution in [2.24, 2.45) is 0 Å². The van der Waals surface area contributed by atoms with E-state index >= 15 is 0 Å². The summed E-state index contributed by atoms with van der Waals surface area (Å²) in [5, 5.41) is 109. The third kappa shape index (κ3) is 27.0. The number of nitrogens with zero attached hydrogens (tertiary/aromatic N) is 1. The van der Waals surface area contributed by atoms with E-state index in [1.807, 2.05) is 0 Å². The number of carbonyl (C=O) groups excluding carboxylic acids is 8. The van der Waals surface area contributed by atoms with E-state index in [0.29, 0.717) is 32.1 Å². The van der Waals surface area contributed by atoms with Crippen molar-refractivity contribution in [2.45, 2.75) is 164 Å². The van der Waals surface area contributed by atoms with Gasteiger partial charge in [-0.05, 0) is 19.8 Å². The first-order valence-corrected chi connectivity index (χ1v) is 28.1. The molecule has 16 N–H and O–H groups in total. The Labute approximate surface area is 491 Å². The average molecular weight is 1230 g/mol. The molecule has 3 aliphatic heterocycles. The van der Waals surface area contributed by atoms with Crippen LogP contribution in [-0.4, -0.2) is 308 Å². The molecule has 16 unspecified atom stereocenters. The predicted molar refractivity (Wildman–Crippen MR) is 287 cm³/mol. The van der Waals surface area contributed by atoms with Gasteiger partial charge in [0.25, 0.3) is 0 Å². The summed E-state index contributed by atoms with van der Waals surface area (Å²) in [6, 6.07) is -5.02. The first-order chi connectivity index (χ1) is 40.5. The van der Waals surface area contributed by atoms with E-state index in [-0.39, 0.29) is 78.1 Å².